The highest BCUT2D eigenvalue weighted by Gasteiger charge is 2.20. The van der Waals surface area contributed by atoms with Crippen molar-refractivity contribution in [2.75, 3.05) is 24.3 Å². The predicted molar refractivity (Wildman–Crippen MR) is 145 cm³/mol. The Labute approximate surface area is 225 Å². The molecule has 0 saturated carbocycles. The van der Waals surface area contributed by atoms with Crippen molar-refractivity contribution in [3.05, 3.63) is 71.3 Å². The van der Waals surface area contributed by atoms with Crippen LogP contribution in [0.3, 0.4) is 0 Å². The number of carbonyl (C=O) groups is 4. The number of anilines is 2. The van der Waals surface area contributed by atoms with Crippen molar-refractivity contribution in [3.63, 3.8) is 0 Å². The number of ketones is 1. The van der Waals surface area contributed by atoms with E-state index in [1.807, 2.05) is 31.2 Å². The molecule has 3 aromatic rings. The lowest BCUT2D eigenvalue weighted by molar-refractivity contribution is -0.141. The Hall–Kier alpha value is -4.71. The summed E-state index contributed by atoms with van der Waals surface area (Å²) in [5.74, 6) is -0.824. The molecule has 2 aromatic carbocycles. The minimum absolute atomic E-state index is 0.00802. The number of methoxy groups -OCH3 is 1. The number of amides is 3. The number of rotatable bonds is 13. The molecule has 39 heavy (non-hydrogen) atoms. The molecule has 0 aliphatic heterocycles. The summed E-state index contributed by atoms with van der Waals surface area (Å²) in [5.41, 5.74) is 3.50. The normalized spacial score (nSPS) is 11.4. The van der Waals surface area contributed by atoms with E-state index in [-0.39, 0.29) is 25.2 Å². The van der Waals surface area contributed by atoms with Crippen LogP contribution in [0.4, 0.5) is 16.2 Å². The van der Waals surface area contributed by atoms with E-state index < -0.39 is 23.9 Å². The number of ether oxygens (including phenoxy) is 1. The number of nitrogens with zero attached hydrogens (tertiary/aromatic N) is 1. The Morgan fingerprint density at radius 3 is 2.51 bits per heavy atom. The fourth-order valence-corrected chi connectivity index (χ4v) is 3.80. The summed E-state index contributed by atoms with van der Waals surface area (Å²) >= 11 is 0. The number of benzene rings is 2. The zero-order valence-corrected chi connectivity index (χ0v) is 22.0. The molecular weight excluding hydrogens is 504 g/mol. The van der Waals surface area contributed by atoms with E-state index in [4.69, 9.17) is 4.74 Å². The third-order valence-corrected chi connectivity index (χ3v) is 5.70. The number of aliphatic carboxylic acids is 1. The van der Waals surface area contributed by atoms with Gasteiger partial charge in [-0.05, 0) is 36.2 Å². The van der Waals surface area contributed by atoms with E-state index in [0.29, 0.717) is 35.2 Å². The molecule has 1 atom stereocenters. The summed E-state index contributed by atoms with van der Waals surface area (Å²) in [6, 6.07) is 11.1. The van der Waals surface area contributed by atoms with Gasteiger partial charge >= 0.3 is 12.0 Å². The van der Waals surface area contributed by atoms with Gasteiger partial charge in [-0.3, -0.25) is 9.59 Å². The van der Waals surface area contributed by atoms with E-state index in [1.54, 1.807) is 24.4 Å². The Bertz CT molecular complexity index is 1340. The molecule has 0 aliphatic carbocycles. The van der Waals surface area contributed by atoms with E-state index in [1.165, 1.54) is 14.0 Å². The fourth-order valence-electron chi connectivity index (χ4n) is 3.80. The van der Waals surface area contributed by atoms with Gasteiger partial charge in [-0.2, -0.15) is 0 Å². The second kappa shape index (κ2) is 13.7. The minimum Gasteiger partial charge on any atom is -0.495 e. The summed E-state index contributed by atoms with van der Waals surface area (Å²) in [5, 5.41) is 20.2. The van der Waals surface area contributed by atoms with Crippen LogP contribution in [0.15, 0.2) is 48.7 Å². The number of aromatic amines is 1. The average Bonchev–Trinajstić information content (AvgIpc) is 3.32. The lowest BCUT2D eigenvalue weighted by Crippen LogP contribution is -2.41. The third kappa shape index (κ3) is 8.97. The van der Waals surface area contributed by atoms with Crippen LogP contribution < -0.4 is 26.0 Å². The molecule has 206 valence electrons. The molecule has 0 bridgehead atoms. The van der Waals surface area contributed by atoms with Crippen LogP contribution >= 0.6 is 0 Å². The van der Waals surface area contributed by atoms with Crippen LogP contribution in [0.1, 0.15) is 29.6 Å². The first-order valence-electron chi connectivity index (χ1n) is 12.2. The molecule has 0 aliphatic rings. The number of carboxylic acids is 1. The molecule has 0 fully saturated rings. The van der Waals surface area contributed by atoms with Gasteiger partial charge in [0, 0.05) is 43.9 Å². The monoisotopic (exact) mass is 536 g/mol. The van der Waals surface area contributed by atoms with E-state index in [2.05, 4.69) is 31.2 Å². The van der Waals surface area contributed by atoms with Crippen molar-refractivity contribution in [3.8, 4) is 5.75 Å². The maximum atomic E-state index is 12.5. The molecule has 1 aromatic heterocycles. The summed E-state index contributed by atoms with van der Waals surface area (Å²) in [7, 11) is 1.49. The highest BCUT2D eigenvalue weighted by atomic mass is 16.5. The SMILES string of the molecule is COc1cc(CC(=O)CNCc2cnc(CC(NC(C)=O)C(=O)O)[nH]2)ccc1NC(=O)Nc1ccccc1C. The number of hydrogen-bond donors (Lipinski definition) is 6. The highest BCUT2D eigenvalue weighted by molar-refractivity contribution is 6.01. The maximum absolute atomic E-state index is 12.5. The number of para-hydroxylation sites is 1. The molecule has 3 rings (SSSR count). The largest absolute Gasteiger partial charge is 0.495 e. The summed E-state index contributed by atoms with van der Waals surface area (Å²) < 4.78 is 5.41. The number of urea groups is 1. The molecule has 1 unspecified atom stereocenters. The second-order valence-electron chi connectivity index (χ2n) is 8.90. The van der Waals surface area contributed by atoms with E-state index in [0.717, 1.165) is 11.1 Å². The Kier molecular flexibility index (Phi) is 10.2. The fraction of sp³-hybridized carbons (Fsp3) is 0.296. The average molecular weight is 537 g/mol. The smallest absolute Gasteiger partial charge is 0.326 e. The van der Waals surface area contributed by atoms with Gasteiger partial charge in [-0.15, -0.1) is 0 Å². The van der Waals surface area contributed by atoms with E-state index >= 15 is 0 Å². The van der Waals surface area contributed by atoms with Crippen molar-refractivity contribution < 1.29 is 29.0 Å². The molecule has 0 spiro atoms. The number of hydrogen-bond acceptors (Lipinski definition) is 7. The molecule has 0 radical (unpaired) electrons. The zero-order chi connectivity index (χ0) is 28.4. The zero-order valence-electron chi connectivity index (χ0n) is 22.0. The van der Waals surface area contributed by atoms with Gasteiger partial charge in [0.05, 0.1) is 19.3 Å². The van der Waals surface area contributed by atoms with Crippen molar-refractivity contribution in [1.29, 1.82) is 0 Å². The number of aromatic nitrogens is 2. The van der Waals surface area contributed by atoms with E-state index in [9.17, 15) is 24.3 Å². The summed E-state index contributed by atoms with van der Waals surface area (Å²) in [4.78, 5) is 54.6. The van der Waals surface area contributed by atoms with Crippen LogP contribution in [-0.2, 0) is 33.8 Å². The van der Waals surface area contributed by atoms with Gasteiger partial charge in [0.25, 0.3) is 0 Å². The van der Waals surface area contributed by atoms with Crippen molar-refractivity contribution in [2.45, 2.75) is 39.3 Å². The number of H-pyrrole nitrogens is 1. The Morgan fingerprint density at radius 1 is 1.08 bits per heavy atom. The number of carbonyl (C=O) groups excluding carboxylic acids is 3. The molecule has 3 amide bonds. The van der Waals surface area contributed by atoms with Gasteiger partial charge in [-0.1, -0.05) is 24.3 Å². The quantitative estimate of drug-likeness (QED) is 0.193. The van der Waals surface area contributed by atoms with Gasteiger partial charge in [0.15, 0.2) is 5.78 Å². The van der Waals surface area contributed by atoms with Gasteiger partial charge in [0.2, 0.25) is 5.91 Å². The first kappa shape index (κ1) is 28.9. The lowest BCUT2D eigenvalue weighted by atomic mass is 10.1. The predicted octanol–water partition coefficient (Wildman–Crippen LogP) is 2.40. The number of aryl methyl sites for hydroxylation is 1. The topological polar surface area (TPSA) is 175 Å². The molecule has 12 nitrogen and oxygen atoms in total. The number of carboxylic acid groups (broad SMARTS) is 1. The molecular formula is C27H32N6O6. The Balaban J connectivity index is 1.48. The lowest BCUT2D eigenvalue weighted by Gasteiger charge is -2.13. The van der Waals surface area contributed by atoms with Crippen LogP contribution in [-0.4, -0.2) is 58.5 Å². The van der Waals surface area contributed by atoms with Gasteiger partial charge in [-0.25, -0.2) is 14.6 Å². The second-order valence-corrected chi connectivity index (χ2v) is 8.90. The number of nitrogens with one attached hydrogen (secondary N) is 5. The first-order valence-corrected chi connectivity index (χ1v) is 12.2. The molecule has 12 heteroatoms. The summed E-state index contributed by atoms with van der Waals surface area (Å²) in [6.45, 7) is 3.56. The van der Waals surface area contributed by atoms with Crippen LogP contribution in [0.5, 0.6) is 5.75 Å². The van der Waals surface area contributed by atoms with Crippen LogP contribution in [0, 0.1) is 6.92 Å². The third-order valence-electron chi connectivity index (χ3n) is 5.70. The molecule has 1 heterocycles. The maximum Gasteiger partial charge on any atom is 0.326 e. The standard InChI is InChI=1S/C27H32N6O6/c1-16-6-4-5-7-21(16)32-27(38)33-22-9-8-18(11-24(22)39-3)10-20(35)15-28-13-19-14-29-25(31-19)12-23(26(36)37)30-17(2)34/h4-9,11,14,23,28H,10,12-13,15H2,1-3H3,(H,29,31)(H,30,34)(H,36,37)(H2,32,33,38). The first-order chi connectivity index (χ1) is 18.6. The van der Waals surface area contributed by atoms with Crippen molar-refractivity contribution >= 4 is 35.1 Å². The van der Waals surface area contributed by atoms with Crippen molar-refractivity contribution in [1.82, 2.24) is 20.6 Å². The number of imidazole rings is 1. The van der Waals surface area contributed by atoms with Crippen molar-refractivity contribution in [2.24, 2.45) is 0 Å². The van der Waals surface area contributed by atoms with Crippen LogP contribution in [0.25, 0.3) is 0 Å². The molecule has 0 saturated heterocycles. The van der Waals surface area contributed by atoms with Gasteiger partial charge in [0.1, 0.15) is 17.6 Å². The Morgan fingerprint density at radius 2 is 1.82 bits per heavy atom. The summed E-state index contributed by atoms with van der Waals surface area (Å²) in [6.07, 6.45) is 1.71. The van der Waals surface area contributed by atoms with Crippen LogP contribution in [0.2, 0.25) is 0 Å². The van der Waals surface area contributed by atoms with Gasteiger partial charge < -0.3 is 36.1 Å². The molecule has 6 N–H and O–H groups in total. The highest BCUT2D eigenvalue weighted by Crippen LogP contribution is 2.26. The minimum atomic E-state index is -1.15. The number of Topliss-reactive ketones (excluding diaryl/α,β-unsaturated/α-hetero) is 1.